The minimum Gasteiger partial charge on any atom is -0.462 e. The zero-order valence-electron chi connectivity index (χ0n) is 61.4. The Morgan fingerprint density at radius 3 is 0.857 bits per heavy atom. The van der Waals surface area contributed by atoms with Gasteiger partial charge in [-0.05, 0) is 141 Å². The zero-order chi connectivity index (χ0) is 71.8. The fourth-order valence-corrected chi connectivity index (χ4v) is 11.4. The largest absolute Gasteiger partial charge is 0.472 e. The van der Waals surface area contributed by atoms with Gasteiger partial charge < -0.3 is 33.8 Å². The molecule has 0 aliphatic rings. The number of aliphatic hydroxyl groups is 1. The predicted octanol–water partition coefficient (Wildman–Crippen LogP) is 21.8. The van der Waals surface area contributed by atoms with Crippen molar-refractivity contribution >= 4 is 39.5 Å². The Morgan fingerprint density at radius 2 is 0.551 bits per heavy atom. The number of rotatable bonds is 71. The number of phosphoric acid groups is 2. The van der Waals surface area contributed by atoms with Gasteiger partial charge >= 0.3 is 39.5 Å². The standard InChI is InChI=1S/C79H136O17P2/c1-5-9-13-17-21-25-29-33-35-36-38-41-44-48-52-56-60-64-77(82)90-70-75(96-79(84)66-62-58-54-50-46-42-37-34-30-26-22-18-14-10-6-2)72-94-98(87,88)92-68-73(80)67-91-97(85,86)93-71-74(95-78(83)65-61-57-53-49-45-40-32-28-24-20-16-12-8-4)69-89-76(81)63-59-55-51-47-43-39-31-27-23-19-15-11-7-3/h9,13,15-16,19-22,25-28,31-35,37,73-75,80H,5-8,10-12,14,17-18,23-24,29-30,36,38-72H2,1-4H3,(H,85,86)(H,87,88)/b13-9-,19-15-,20-16-,25-21-,26-22-,31-27-,32-28-,35-33-,37-34-. The van der Waals surface area contributed by atoms with E-state index in [1.54, 1.807) is 0 Å². The van der Waals surface area contributed by atoms with Crippen molar-refractivity contribution in [3.8, 4) is 0 Å². The van der Waals surface area contributed by atoms with Crippen molar-refractivity contribution in [2.75, 3.05) is 39.6 Å². The van der Waals surface area contributed by atoms with Gasteiger partial charge in [0.1, 0.15) is 19.3 Å². The highest BCUT2D eigenvalue weighted by molar-refractivity contribution is 7.47. The van der Waals surface area contributed by atoms with Crippen LogP contribution in [0.2, 0.25) is 0 Å². The highest BCUT2D eigenvalue weighted by Crippen LogP contribution is 2.45. The lowest BCUT2D eigenvalue weighted by Crippen LogP contribution is -2.30. The monoisotopic (exact) mass is 1420 g/mol. The van der Waals surface area contributed by atoms with Gasteiger partial charge in [0.2, 0.25) is 0 Å². The number of carbonyl (C=O) groups excluding carboxylic acids is 4. The number of ether oxygens (including phenoxy) is 4. The molecule has 0 aromatic heterocycles. The minimum atomic E-state index is -4.98. The van der Waals surface area contributed by atoms with Crippen LogP contribution in [0, 0.1) is 0 Å². The van der Waals surface area contributed by atoms with Crippen molar-refractivity contribution in [1.82, 2.24) is 0 Å². The topological polar surface area (TPSA) is 237 Å². The van der Waals surface area contributed by atoms with Gasteiger partial charge in [-0.25, -0.2) is 9.13 Å². The van der Waals surface area contributed by atoms with E-state index >= 15 is 0 Å². The molecular formula is C79H136O17P2. The molecule has 0 fully saturated rings. The van der Waals surface area contributed by atoms with Gasteiger partial charge in [0.05, 0.1) is 26.4 Å². The molecule has 0 amide bonds. The van der Waals surface area contributed by atoms with Crippen LogP contribution < -0.4 is 0 Å². The molecule has 0 heterocycles. The van der Waals surface area contributed by atoms with Gasteiger partial charge in [0, 0.05) is 25.7 Å². The van der Waals surface area contributed by atoms with Crippen molar-refractivity contribution in [2.45, 2.75) is 329 Å². The predicted molar refractivity (Wildman–Crippen MR) is 399 cm³/mol. The van der Waals surface area contributed by atoms with E-state index in [0.717, 1.165) is 212 Å². The van der Waals surface area contributed by atoms with Gasteiger partial charge in [-0.15, -0.1) is 0 Å². The summed E-state index contributed by atoms with van der Waals surface area (Å²) in [6.45, 7) is 4.56. The lowest BCUT2D eigenvalue weighted by Gasteiger charge is -2.21. The summed E-state index contributed by atoms with van der Waals surface area (Å²) >= 11 is 0. The average molecular weight is 1420 g/mol. The Morgan fingerprint density at radius 1 is 0.296 bits per heavy atom. The molecule has 0 rings (SSSR count). The van der Waals surface area contributed by atoms with E-state index in [1.807, 2.05) is 0 Å². The third-order valence-electron chi connectivity index (χ3n) is 15.7. The highest BCUT2D eigenvalue weighted by atomic mass is 31.2. The molecule has 17 nitrogen and oxygen atoms in total. The molecule has 98 heavy (non-hydrogen) atoms. The maximum Gasteiger partial charge on any atom is 0.472 e. The molecule has 0 spiro atoms. The minimum absolute atomic E-state index is 0.0745. The highest BCUT2D eigenvalue weighted by Gasteiger charge is 2.30. The van der Waals surface area contributed by atoms with Gasteiger partial charge in [-0.3, -0.25) is 37.3 Å². The maximum absolute atomic E-state index is 13.1. The van der Waals surface area contributed by atoms with Crippen molar-refractivity contribution < 1.29 is 80.2 Å². The average Bonchev–Trinajstić information content (AvgIpc) is 1.05. The number of unbranched alkanes of at least 4 members (excludes halogenated alkanes) is 27. The van der Waals surface area contributed by atoms with E-state index in [0.29, 0.717) is 25.7 Å². The van der Waals surface area contributed by atoms with E-state index in [-0.39, 0.29) is 25.7 Å². The number of aliphatic hydroxyl groups excluding tert-OH is 1. The van der Waals surface area contributed by atoms with E-state index in [1.165, 1.54) is 19.3 Å². The van der Waals surface area contributed by atoms with Gasteiger partial charge in [-0.2, -0.15) is 0 Å². The first-order chi connectivity index (χ1) is 47.7. The van der Waals surface area contributed by atoms with Crippen molar-refractivity contribution in [2.24, 2.45) is 0 Å². The molecule has 19 heteroatoms. The second-order valence-electron chi connectivity index (χ2n) is 25.2. The van der Waals surface area contributed by atoms with E-state index in [4.69, 9.17) is 37.0 Å². The molecular weight excluding hydrogens is 1280 g/mol. The van der Waals surface area contributed by atoms with E-state index in [9.17, 15) is 43.2 Å². The summed E-state index contributed by atoms with van der Waals surface area (Å²) in [7, 11) is -9.96. The molecule has 0 bridgehead atoms. The van der Waals surface area contributed by atoms with E-state index < -0.39 is 97.5 Å². The number of esters is 4. The molecule has 0 saturated carbocycles. The van der Waals surface area contributed by atoms with Crippen LogP contribution in [0.5, 0.6) is 0 Å². The normalized spacial score (nSPS) is 14.6. The summed E-state index contributed by atoms with van der Waals surface area (Å²) in [6.07, 6.45) is 75.0. The molecule has 5 unspecified atom stereocenters. The smallest absolute Gasteiger partial charge is 0.462 e. The van der Waals surface area contributed by atoms with Crippen molar-refractivity contribution in [1.29, 1.82) is 0 Å². The quantitative estimate of drug-likeness (QED) is 0.0169. The summed E-state index contributed by atoms with van der Waals surface area (Å²) < 4.78 is 68.4. The summed E-state index contributed by atoms with van der Waals surface area (Å²) in [4.78, 5) is 72.8. The number of hydrogen-bond acceptors (Lipinski definition) is 15. The number of carbonyl (C=O) groups is 4. The fourth-order valence-electron chi connectivity index (χ4n) is 9.87. The molecule has 5 atom stereocenters. The number of phosphoric ester groups is 2. The lowest BCUT2D eigenvalue weighted by atomic mass is 10.1. The van der Waals surface area contributed by atoms with Crippen molar-refractivity contribution in [3.05, 3.63) is 109 Å². The molecule has 3 N–H and O–H groups in total. The lowest BCUT2D eigenvalue weighted by molar-refractivity contribution is -0.161. The van der Waals surface area contributed by atoms with Crippen LogP contribution in [-0.2, 0) is 65.4 Å². The Bertz CT molecular complexity index is 2290. The Balaban J connectivity index is 5.37. The molecule has 0 aromatic rings. The van der Waals surface area contributed by atoms with Crippen LogP contribution in [0.3, 0.4) is 0 Å². The van der Waals surface area contributed by atoms with Gasteiger partial charge in [-0.1, -0.05) is 253 Å². The van der Waals surface area contributed by atoms with Crippen LogP contribution in [0.15, 0.2) is 109 Å². The second kappa shape index (κ2) is 71.1. The maximum atomic E-state index is 13.1. The van der Waals surface area contributed by atoms with Gasteiger partial charge in [0.25, 0.3) is 0 Å². The molecule has 564 valence electrons. The first kappa shape index (κ1) is 93.7. The number of hydrogen-bond donors (Lipinski definition) is 3. The SMILES string of the molecule is CC/C=C\C/C=C\C/C=C\CCCCCCCCCC(=O)OCC(COP(=O)(O)OCC(O)COP(=O)(O)OCC(COC(=O)CCCCCCC/C=C\C/C=C\CCC)OC(=O)CCCCCCC/C=C\C/C=C\CCC)OC(=O)CCCCCCC/C=C\C/C=C\CCCCC. The first-order valence-electron chi connectivity index (χ1n) is 38.1. The molecule has 0 saturated heterocycles. The molecule has 0 aliphatic carbocycles. The van der Waals surface area contributed by atoms with Crippen molar-refractivity contribution in [3.63, 3.8) is 0 Å². The summed E-state index contributed by atoms with van der Waals surface area (Å²) in [5.74, 6) is -2.23. The molecule has 0 radical (unpaired) electrons. The van der Waals surface area contributed by atoms with Crippen LogP contribution in [0.25, 0.3) is 0 Å². The summed E-state index contributed by atoms with van der Waals surface area (Å²) in [5.41, 5.74) is 0. The zero-order valence-corrected chi connectivity index (χ0v) is 63.2. The van der Waals surface area contributed by atoms with E-state index in [2.05, 4.69) is 137 Å². The number of allylic oxidation sites excluding steroid dienone is 18. The van der Waals surface area contributed by atoms with Gasteiger partial charge in [0.15, 0.2) is 12.2 Å². The third-order valence-corrected chi connectivity index (χ3v) is 17.6. The summed E-state index contributed by atoms with van der Waals surface area (Å²) in [6, 6.07) is 0. The first-order valence-corrected chi connectivity index (χ1v) is 41.1. The summed E-state index contributed by atoms with van der Waals surface area (Å²) in [5, 5.41) is 10.6. The Kier molecular flexibility index (Phi) is 68.0. The fraction of sp³-hybridized carbons (Fsp3) is 0.722. The molecule has 0 aromatic carbocycles. The van der Waals surface area contributed by atoms with Crippen LogP contribution in [0.4, 0.5) is 0 Å². The van der Waals surface area contributed by atoms with Crippen LogP contribution in [0.1, 0.15) is 310 Å². The Hall–Kier alpha value is -4.28. The second-order valence-corrected chi connectivity index (χ2v) is 28.1. The van der Waals surface area contributed by atoms with Crippen LogP contribution >= 0.6 is 15.6 Å². The Labute approximate surface area is 594 Å². The molecule has 0 aliphatic heterocycles. The third kappa shape index (κ3) is 70.2. The van der Waals surface area contributed by atoms with Crippen LogP contribution in [-0.4, -0.2) is 96.7 Å².